The number of thiocarbonyl (C=S) groups is 1. The molecule has 0 aliphatic heterocycles. The van der Waals surface area contributed by atoms with Crippen molar-refractivity contribution in [2.45, 2.75) is 83.8 Å². The summed E-state index contributed by atoms with van der Waals surface area (Å²) in [5.41, 5.74) is 4.56. The van der Waals surface area contributed by atoms with Crippen LogP contribution < -0.4 is 16.2 Å². The summed E-state index contributed by atoms with van der Waals surface area (Å²) in [5, 5.41) is 11.4. The first-order valence-electron chi connectivity index (χ1n) is 8.22. The van der Waals surface area contributed by atoms with Gasteiger partial charge in [0, 0.05) is 0 Å². The van der Waals surface area contributed by atoms with Crippen molar-refractivity contribution in [2.24, 2.45) is 10.2 Å². The summed E-state index contributed by atoms with van der Waals surface area (Å²) >= 11 is 5.12. The molecule has 1 saturated carbocycles. The quantitative estimate of drug-likeness (QED) is 0.394. The number of hydrogen-bond acceptors (Lipinski definition) is 4. The Hall–Kier alpha value is -1.24. The van der Waals surface area contributed by atoms with E-state index in [1.807, 2.05) is 13.8 Å². The molecule has 1 rings (SSSR count). The van der Waals surface area contributed by atoms with Crippen molar-refractivity contribution in [3.63, 3.8) is 0 Å². The second-order valence-corrected chi connectivity index (χ2v) is 6.79. The molecule has 0 aromatic carbocycles. The maximum Gasteiger partial charge on any atom is 0.335 e. The summed E-state index contributed by atoms with van der Waals surface area (Å²) in [6.45, 7) is 5.76. The highest BCUT2D eigenvalue weighted by Crippen LogP contribution is 2.21. The standard InChI is InChI=1S/C15H29N5OS/c1-4-5-11-13(22)18-19-14(21)16-15(2,3)20-17-12-9-7-6-8-10-12/h12H,4-11H2,1-3H3,(H,18,22)(H2,16,19,21)/b20-17+. The first-order chi connectivity index (χ1) is 10.4. The molecule has 0 spiro atoms. The van der Waals surface area contributed by atoms with E-state index in [0.29, 0.717) is 11.0 Å². The zero-order valence-corrected chi connectivity index (χ0v) is 14.8. The molecule has 0 aromatic heterocycles. The molecule has 0 saturated heterocycles. The van der Waals surface area contributed by atoms with Gasteiger partial charge in [0.05, 0.1) is 11.0 Å². The van der Waals surface area contributed by atoms with Crippen LogP contribution in [0.3, 0.4) is 0 Å². The lowest BCUT2D eigenvalue weighted by Crippen LogP contribution is -2.52. The summed E-state index contributed by atoms with van der Waals surface area (Å²) in [5.74, 6) is 0. The van der Waals surface area contributed by atoms with Gasteiger partial charge in [-0.15, -0.1) is 0 Å². The maximum atomic E-state index is 11.8. The van der Waals surface area contributed by atoms with E-state index in [4.69, 9.17) is 12.2 Å². The van der Waals surface area contributed by atoms with Crippen LogP contribution in [0, 0.1) is 0 Å². The first-order valence-corrected chi connectivity index (χ1v) is 8.63. The number of unbranched alkanes of at least 4 members (excludes halogenated alkanes) is 1. The number of rotatable bonds is 6. The highest BCUT2D eigenvalue weighted by molar-refractivity contribution is 7.80. The van der Waals surface area contributed by atoms with Gasteiger partial charge >= 0.3 is 6.03 Å². The molecule has 126 valence electrons. The predicted octanol–water partition coefficient (Wildman–Crippen LogP) is 3.83. The molecule has 22 heavy (non-hydrogen) atoms. The van der Waals surface area contributed by atoms with Crippen LogP contribution in [-0.2, 0) is 0 Å². The number of amides is 2. The van der Waals surface area contributed by atoms with Gasteiger partial charge in [-0.25, -0.2) is 4.79 Å². The zero-order chi connectivity index (χ0) is 16.4. The molecule has 2 amide bonds. The Labute approximate surface area is 138 Å². The van der Waals surface area contributed by atoms with E-state index in [1.54, 1.807) is 0 Å². The molecule has 0 unspecified atom stereocenters. The molecule has 0 heterocycles. The molecule has 6 nitrogen and oxygen atoms in total. The Balaban J connectivity index is 2.31. The van der Waals surface area contributed by atoms with Gasteiger partial charge in [-0.05, 0) is 39.5 Å². The van der Waals surface area contributed by atoms with Crippen LogP contribution in [0.5, 0.6) is 0 Å². The number of hydrogen-bond donors (Lipinski definition) is 3. The van der Waals surface area contributed by atoms with Gasteiger partial charge in [0.15, 0.2) is 0 Å². The van der Waals surface area contributed by atoms with Crippen LogP contribution in [0.4, 0.5) is 4.79 Å². The number of azo groups is 1. The van der Waals surface area contributed by atoms with Crippen LogP contribution in [-0.4, -0.2) is 22.7 Å². The van der Waals surface area contributed by atoms with Crippen molar-refractivity contribution in [1.29, 1.82) is 0 Å². The van der Waals surface area contributed by atoms with Gasteiger partial charge < -0.3 is 5.32 Å². The van der Waals surface area contributed by atoms with E-state index >= 15 is 0 Å². The minimum atomic E-state index is -0.728. The Bertz CT molecular complexity index is 391. The van der Waals surface area contributed by atoms with E-state index in [0.717, 1.165) is 32.1 Å². The third kappa shape index (κ3) is 8.26. The highest BCUT2D eigenvalue weighted by atomic mass is 32.1. The Morgan fingerprint density at radius 1 is 1.23 bits per heavy atom. The maximum absolute atomic E-state index is 11.8. The lowest BCUT2D eigenvalue weighted by molar-refractivity contribution is 0.227. The Kier molecular flexibility index (Phi) is 8.30. The summed E-state index contributed by atoms with van der Waals surface area (Å²) in [6.07, 6.45) is 8.78. The predicted molar refractivity (Wildman–Crippen MR) is 92.7 cm³/mol. The van der Waals surface area contributed by atoms with Crippen molar-refractivity contribution < 1.29 is 4.79 Å². The molecule has 1 aliphatic rings. The molecular formula is C15H29N5OS. The zero-order valence-electron chi connectivity index (χ0n) is 13.9. The highest BCUT2D eigenvalue weighted by Gasteiger charge is 2.21. The van der Waals surface area contributed by atoms with Gasteiger partial charge in [-0.1, -0.05) is 44.8 Å². The number of urea groups is 1. The fourth-order valence-electron chi connectivity index (χ4n) is 2.28. The van der Waals surface area contributed by atoms with Crippen LogP contribution in [0.15, 0.2) is 10.2 Å². The second-order valence-electron chi connectivity index (χ2n) is 6.30. The molecule has 0 radical (unpaired) electrons. The number of carbonyl (C=O) groups is 1. The van der Waals surface area contributed by atoms with Crippen molar-refractivity contribution in [3.8, 4) is 0 Å². The third-order valence-corrected chi connectivity index (χ3v) is 3.84. The Morgan fingerprint density at radius 3 is 2.55 bits per heavy atom. The van der Waals surface area contributed by atoms with Crippen molar-refractivity contribution in [2.75, 3.05) is 0 Å². The normalized spacial score (nSPS) is 16.5. The van der Waals surface area contributed by atoms with Crippen LogP contribution >= 0.6 is 12.2 Å². The van der Waals surface area contributed by atoms with E-state index in [9.17, 15) is 4.79 Å². The van der Waals surface area contributed by atoms with E-state index in [1.165, 1.54) is 19.3 Å². The topological polar surface area (TPSA) is 77.9 Å². The molecule has 0 atom stereocenters. The van der Waals surface area contributed by atoms with Gasteiger partial charge in [-0.3, -0.25) is 10.9 Å². The van der Waals surface area contributed by atoms with Crippen molar-refractivity contribution >= 4 is 23.2 Å². The molecule has 0 aromatic rings. The largest absolute Gasteiger partial charge is 0.335 e. The van der Waals surface area contributed by atoms with Crippen molar-refractivity contribution in [3.05, 3.63) is 0 Å². The van der Waals surface area contributed by atoms with Gasteiger partial charge in [0.25, 0.3) is 0 Å². The number of hydrazine groups is 1. The smallest absolute Gasteiger partial charge is 0.311 e. The van der Waals surface area contributed by atoms with Crippen molar-refractivity contribution in [1.82, 2.24) is 16.2 Å². The second kappa shape index (κ2) is 9.71. The minimum Gasteiger partial charge on any atom is -0.311 e. The molecule has 3 N–H and O–H groups in total. The molecule has 1 aliphatic carbocycles. The summed E-state index contributed by atoms with van der Waals surface area (Å²) in [7, 11) is 0. The molecule has 1 fully saturated rings. The number of carbonyl (C=O) groups excluding carboxylic acids is 1. The van der Waals surface area contributed by atoms with E-state index < -0.39 is 5.66 Å². The lowest BCUT2D eigenvalue weighted by Gasteiger charge is -2.23. The average molecular weight is 327 g/mol. The molecular weight excluding hydrogens is 298 g/mol. The first kappa shape index (κ1) is 18.8. The van der Waals surface area contributed by atoms with E-state index in [2.05, 4.69) is 33.3 Å². The van der Waals surface area contributed by atoms with Gasteiger partial charge in [-0.2, -0.15) is 10.2 Å². The summed E-state index contributed by atoms with van der Waals surface area (Å²) in [6, 6.07) is -0.0518. The minimum absolute atomic E-state index is 0.303. The van der Waals surface area contributed by atoms with E-state index in [-0.39, 0.29) is 6.03 Å². The molecule has 0 bridgehead atoms. The van der Waals surface area contributed by atoms with Gasteiger partial charge in [0.1, 0.15) is 5.66 Å². The van der Waals surface area contributed by atoms with Crippen LogP contribution in [0.1, 0.15) is 72.1 Å². The molecule has 7 heteroatoms. The number of nitrogens with one attached hydrogen (secondary N) is 3. The summed E-state index contributed by atoms with van der Waals surface area (Å²) < 4.78 is 0. The van der Waals surface area contributed by atoms with Gasteiger partial charge in [0.2, 0.25) is 0 Å². The van der Waals surface area contributed by atoms with Crippen LogP contribution in [0.25, 0.3) is 0 Å². The SMILES string of the molecule is CCCCC(=S)NNC(=O)NC(C)(C)/N=N/C1CCCCC1. The fraction of sp³-hybridized carbons (Fsp3) is 0.867. The average Bonchev–Trinajstić information content (AvgIpc) is 2.49. The number of nitrogens with zero attached hydrogens (tertiary/aromatic N) is 2. The third-order valence-electron chi connectivity index (χ3n) is 3.54. The lowest BCUT2D eigenvalue weighted by atomic mass is 9.96. The monoisotopic (exact) mass is 327 g/mol. The fourth-order valence-corrected chi connectivity index (χ4v) is 2.48. The van der Waals surface area contributed by atoms with Crippen LogP contribution in [0.2, 0.25) is 0 Å². The summed E-state index contributed by atoms with van der Waals surface area (Å²) in [4.78, 5) is 12.5. The Morgan fingerprint density at radius 2 is 1.91 bits per heavy atom.